The lowest BCUT2D eigenvalue weighted by atomic mass is 10.2. The fraction of sp³-hybridized carbons (Fsp3) is 0.267. The molecular weight excluding hydrogens is 238 g/mol. The number of aryl methyl sites for hydroxylation is 1. The zero-order valence-corrected chi connectivity index (χ0v) is 11.5. The van der Waals surface area contributed by atoms with Crippen molar-refractivity contribution in [1.29, 1.82) is 0 Å². The molecule has 0 atom stereocenters. The molecule has 3 N–H and O–H groups in total. The minimum absolute atomic E-state index is 0.0454. The van der Waals surface area contributed by atoms with Gasteiger partial charge in [-0.1, -0.05) is 12.1 Å². The number of pyridine rings is 1. The molecule has 4 nitrogen and oxygen atoms in total. The summed E-state index contributed by atoms with van der Waals surface area (Å²) in [7, 11) is 0. The Labute approximate surface area is 113 Å². The van der Waals surface area contributed by atoms with Crippen LogP contribution in [0.2, 0.25) is 0 Å². The molecule has 2 aromatic rings. The summed E-state index contributed by atoms with van der Waals surface area (Å²) in [5.74, 6) is 1.18. The third kappa shape index (κ3) is 3.61. The molecule has 0 spiro atoms. The first-order valence-corrected chi connectivity index (χ1v) is 6.31. The molecule has 0 aliphatic heterocycles. The van der Waals surface area contributed by atoms with Crippen LogP contribution in [0.15, 0.2) is 36.4 Å². The number of nitrogen functional groups attached to an aromatic ring is 1. The molecule has 4 heteroatoms. The molecule has 0 radical (unpaired) electrons. The number of hydrogen-bond donors (Lipinski definition) is 2. The fourth-order valence-corrected chi connectivity index (χ4v) is 1.71. The predicted molar refractivity (Wildman–Crippen MR) is 78.9 cm³/mol. The van der Waals surface area contributed by atoms with E-state index in [1.807, 2.05) is 32.0 Å². The summed E-state index contributed by atoms with van der Waals surface area (Å²) in [6, 6.07) is 11.7. The molecule has 0 aliphatic carbocycles. The molecule has 100 valence electrons. The van der Waals surface area contributed by atoms with Gasteiger partial charge in [-0.05, 0) is 50.6 Å². The van der Waals surface area contributed by atoms with E-state index in [1.165, 1.54) is 5.56 Å². The zero-order chi connectivity index (χ0) is 13.8. The van der Waals surface area contributed by atoms with Crippen molar-refractivity contribution in [3.63, 3.8) is 0 Å². The molecule has 0 saturated heterocycles. The Morgan fingerprint density at radius 3 is 2.68 bits per heavy atom. The van der Waals surface area contributed by atoms with Gasteiger partial charge in [0.15, 0.2) is 0 Å². The first-order chi connectivity index (χ1) is 9.04. The number of ether oxygens (including phenoxy) is 1. The van der Waals surface area contributed by atoms with Crippen molar-refractivity contribution in [2.45, 2.75) is 26.9 Å². The topological polar surface area (TPSA) is 60.2 Å². The number of aromatic nitrogens is 1. The van der Waals surface area contributed by atoms with Crippen molar-refractivity contribution in [3.05, 3.63) is 42.0 Å². The number of nitrogens with two attached hydrogens (primary N) is 1. The van der Waals surface area contributed by atoms with Gasteiger partial charge in [0.05, 0.1) is 11.8 Å². The first-order valence-electron chi connectivity index (χ1n) is 6.31. The Bertz CT molecular complexity index is 567. The van der Waals surface area contributed by atoms with Crippen LogP contribution in [-0.4, -0.2) is 11.1 Å². The van der Waals surface area contributed by atoms with Crippen LogP contribution in [0.3, 0.4) is 0 Å². The normalized spacial score (nSPS) is 10.5. The van der Waals surface area contributed by atoms with E-state index in [1.54, 1.807) is 6.07 Å². The second-order valence-electron chi connectivity index (χ2n) is 4.75. The van der Waals surface area contributed by atoms with Crippen molar-refractivity contribution in [3.8, 4) is 5.88 Å². The third-order valence-electron chi connectivity index (χ3n) is 2.53. The van der Waals surface area contributed by atoms with Crippen molar-refractivity contribution in [2.24, 2.45) is 0 Å². The molecule has 0 fully saturated rings. The second kappa shape index (κ2) is 5.61. The van der Waals surface area contributed by atoms with Crippen LogP contribution in [0.5, 0.6) is 5.88 Å². The molecule has 0 bridgehead atoms. The van der Waals surface area contributed by atoms with E-state index >= 15 is 0 Å². The maximum Gasteiger partial charge on any atom is 0.239 e. The predicted octanol–water partition coefficient (Wildman–Crippen LogP) is 3.50. The van der Waals surface area contributed by atoms with Crippen molar-refractivity contribution in [2.75, 3.05) is 11.1 Å². The Hall–Kier alpha value is -2.23. The van der Waals surface area contributed by atoms with E-state index in [-0.39, 0.29) is 6.10 Å². The molecule has 1 heterocycles. The van der Waals surface area contributed by atoms with E-state index in [0.717, 1.165) is 11.5 Å². The van der Waals surface area contributed by atoms with Gasteiger partial charge >= 0.3 is 0 Å². The average molecular weight is 257 g/mol. The number of benzene rings is 1. The summed E-state index contributed by atoms with van der Waals surface area (Å²) in [4.78, 5) is 4.38. The van der Waals surface area contributed by atoms with Crippen LogP contribution in [0.1, 0.15) is 19.4 Å². The number of hydrogen-bond acceptors (Lipinski definition) is 4. The lowest BCUT2D eigenvalue weighted by Crippen LogP contribution is -2.09. The minimum atomic E-state index is 0.0454. The number of nitrogens with one attached hydrogen (secondary N) is 1. The molecule has 0 saturated carbocycles. The highest BCUT2D eigenvalue weighted by atomic mass is 16.5. The second-order valence-corrected chi connectivity index (χ2v) is 4.75. The summed E-state index contributed by atoms with van der Waals surface area (Å²) >= 11 is 0. The van der Waals surface area contributed by atoms with Gasteiger partial charge in [-0.25, -0.2) is 0 Å². The summed E-state index contributed by atoms with van der Waals surface area (Å²) < 4.78 is 5.57. The van der Waals surface area contributed by atoms with Gasteiger partial charge in [0, 0.05) is 5.69 Å². The molecule has 2 rings (SSSR count). The van der Waals surface area contributed by atoms with E-state index in [9.17, 15) is 0 Å². The highest BCUT2D eigenvalue weighted by Gasteiger charge is 2.06. The molecule has 0 amide bonds. The quantitative estimate of drug-likeness (QED) is 0.880. The molecule has 0 unspecified atom stereocenters. The summed E-state index contributed by atoms with van der Waals surface area (Å²) in [5.41, 5.74) is 8.57. The first kappa shape index (κ1) is 13.2. The zero-order valence-electron chi connectivity index (χ0n) is 11.5. The van der Waals surface area contributed by atoms with Gasteiger partial charge in [-0.2, -0.15) is 4.98 Å². The molecule has 19 heavy (non-hydrogen) atoms. The van der Waals surface area contributed by atoms with Gasteiger partial charge in [0.2, 0.25) is 5.88 Å². The number of nitrogens with zero attached hydrogens (tertiary/aromatic N) is 1. The van der Waals surface area contributed by atoms with E-state index in [2.05, 4.69) is 29.4 Å². The van der Waals surface area contributed by atoms with Crippen LogP contribution in [-0.2, 0) is 0 Å². The third-order valence-corrected chi connectivity index (χ3v) is 2.53. The van der Waals surface area contributed by atoms with E-state index < -0.39 is 0 Å². The van der Waals surface area contributed by atoms with Crippen LogP contribution in [0.4, 0.5) is 17.2 Å². The largest absolute Gasteiger partial charge is 0.473 e. The van der Waals surface area contributed by atoms with Crippen molar-refractivity contribution < 1.29 is 4.74 Å². The van der Waals surface area contributed by atoms with Crippen molar-refractivity contribution in [1.82, 2.24) is 4.98 Å². The number of anilines is 3. The maximum absolute atomic E-state index is 5.84. The van der Waals surface area contributed by atoms with Gasteiger partial charge in [-0.15, -0.1) is 0 Å². The highest BCUT2D eigenvalue weighted by Crippen LogP contribution is 2.24. The van der Waals surface area contributed by atoms with Gasteiger partial charge in [-0.3, -0.25) is 0 Å². The number of rotatable bonds is 4. The standard InChI is InChI=1S/C15H19N3O/c1-10(2)19-15-13(16)7-8-14(18-15)17-12-6-4-5-11(3)9-12/h4-10H,16H2,1-3H3,(H,17,18). The van der Waals surface area contributed by atoms with E-state index in [0.29, 0.717) is 11.6 Å². The molecule has 1 aromatic heterocycles. The van der Waals surface area contributed by atoms with Crippen LogP contribution in [0, 0.1) is 6.92 Å². The van der Waals surface area contributed by atoms with Gasteiger partial charge < -0.3 is 15.8 Å². The fourth-order valence-electron chi connectivity index (χ4n) is 1.71. The molecule has 0 aliphatic rings. The Morgan fingerprint density at radius 1 is 1.21 bits per heavy atom. The van der Waals surface area contributed by atoms with Crippen LogP contribution >= 0.6 is 0 Å². The van der Waals surface area contributed by atoms with Crippen molar-refractivity contribution >= 4 is 17.2 Å². The Balaban J connectivity index is 2.21. The Morgan fingerprint density at radius 2 is 2.00 bits per heavy atom. The van der Waals surface area contributed by atoms with Crippen LogP contribution in [0.25, 0.3) is 0 Å². The lowest BCUT2D eigenvalue weighted by molar-refractivity contribution is 0.234. The average Bonchev–Trinajstić information content (AvgIpc) is 2.33. The highest BCUT2D eigenvalue weighted by molar-refractivity contribution is 5.61. The van der Waals surface area contributed by atoms with Gasteiger partial charge in [0.25, 0.3) is 0 Å². The monoisotopic (exact) mass is 257 g/mol. The Kier molecular flexibility index (Phi) is 3.90. The molecule has 1 aromatic carbocycles. The minimum Gasteiger partial charge on any atom is -0.473 e. The summed E-state index contributed by atoms with van der Waals surface area (Å²) in [6.45, 7) is 5.94. The SMILES string of the molecule is Cc1cccc(Nc2ccc(N)c(OC(C)C)n2)c1. The maximum atomic E-state index is 5.84. The summed E-state index contributed by atoms with van der Waals surface area (Å²) in [5, 5.41) is 3.24. The summed E-state index contributed by atoms with van der Waals surface area (Å²) in [6.07, 6.45) is 0.0454. The van der Waals surface area contributed by atoms with Gasteiger partial charge in [0.1, 0.15) is 5.82 Å². The van der Waals surface area contributed by atoms with E-state index in [4.69, 9.17) is 10.5 Å². The molecular formula is C15H19N3O. The van der Waals surface area contributed by atoms with Crippen LogP contribution < -0.4 is 15.8 Å². The lowest BCUT2D eigenvalue weighted by Gasteiger charge is -2.13. The smallest absolute Gasteiger partial charge is 0.239 e.